The second kappa shape index (κ2) is 17.6. The van der Waals surface area contributed by atoms with Crippen LogP contribution in [-0.2, 0) is 32.5 Å². The molecule has 2 heterocycles. The number of imidazole rings is 1. The number of nitrogens with one attached hydrogen (secondary N) is 1. The molecule has 15 heteroatoms. The standard InChI is InChI=1S/C38H50F2N6O7/c1-24(44(7)37(50)53-38(3,4)5)34(47)42-33(25(2)51-8)36(49)46-21-31(52-30-15-13-28(40)14-16-30)19-29(46)20-45(35(48)32-22-43(6)23-41-32)18-17-26-9-11-27(39)12-10-26/h9-16,22-25,29,31,33H,17-21H2,1-8H3,(H,42,47)/t24-,25+,29-,31-,33-/m0/s1. The van der Waals surface area contributed by atoms with Gasteiger partial charge in [-0.05, 0) is 83.0 Å². The number of aryl methyl sites for hydroxylation is 1. The molecule has 5 atom stereocenters. The molecule has 1 saturated heterocycles. The van der Waals surface area contributed by atoms with Crippen LogP contribution >= 0.6 is 0 Å². The molecule has 1 aliphatic rings. The van der Waals surface area contributed by atoms with Gasteiger partial charge in [-0.2, -0.15) is 0 Å². The molecule has 4 amide bonds. The van der Waals surface area contributed by atoms with E-state index in [4.69, 9.17) is 14.2 Å². The normalized spacial score (nSPS) is 17.4. The molecule has 53 heavy (non-hydrogen) atoms. The summed E-state index contributed by atoms with van der Waals surface area (Å²) in [5.74, 6) is -1.86. The maximum atomic E-state index is 14.6. The summed E-state index contributed by atoms with van der Waals surface area (Å²) >= 11 is 0. The van der Waals surface area contributed by atoms with Crippen LogP contribution in [0.1, 0.15) is 57.1 Å². The van der Waals surface area contributed by atoms with Crippen molar-refractivity contribution in [1.82, 2.24) is 29.6 Å². The summed E-state index contributed by atoms with van der Waals surface area (Å²) in [7, 11) is 4.60. The Morgan fingerprint density at radius 3 is 2.21 bits per heavy atom. The van der Waals surface area contributed by atoms with Crippen LogP contribution < -0.4 is 10.1 Å². The Morgan fingerprint density at radius 1 is 1.02 bits per heavy atom. The number of likely N-dealkylation sites (N-methyl/N-ethyl adjacent to an activating group) is 1. The van der Waals surface area contributed by atoms with Crippen molar-refractivity contribution < 1.29 is 42.2 Å². The molecule has 2 aromatic carbocycles. The van der Waals surface area contributed by atoms with Gasteiger partial charge in [0.2, 0.25) is 11.8 Å². The Kier molecular flexibility index (Phi) is 13.6. The first-order valence-corrected chi connectivity index (χ1v) is 17.5. The number of benzene rings is 2. The first-order chi connectivity index (χ1) is 24.9. The van der Waals surface area contributed by atoms with E-state index >= 15 is 0 Å². The number of methoxy groups -OCH3 is 1. The fourth-order valence-electron chi connectivity index (χ4n) is 5.87. The van der Waals surface area contributed by atoms with E-state index < -0.39 is 59.7 Å². The fourth-order valence-corrected chi connectivity index (χ4v) is 5.87. The Hall–Kier alpha value is -5.05. The molecule has 0 radical (unpaired) electrons. The third-order valence-electron chi connectivity index (χ3n) is 9.05. The van der Waals surface area contributed by atoms with Gasteiger partial charge in [0.15, 0.2) is 0 Å². The highest BCUT2D eigenvalue weighted by molar-refractivity contribution is 5.93. The molecule has 0 unspecified atom stereocenters. The van der Waals surface area contributed by atoms with Crippen LogP contribution in [0.15, 0.2) is 61.1 Å². The molecular weight excluding hydrogens is 690 g/mol. The minimum Gasteiger partial charge on any atom is -0.489 e. The van der Waals surface area contributed by atoms with Crippen LogP contribution in [0.4, 0.5) is 13.6 Å². The summed E-state index contributed by atoms with van der Waals surface area (Å²) in [5, 5.41) is 2.78. The number of nitrogens with zero attached hydrogens (tertiary/aromatic N) is 5. The SMILES string of the molecule is CO[C@H](C)[C@H](NC(=O)[C@H](C)N(C)C(=O)OC(C)(C)C)C(=O)N1C[C@@H](Oc2ccc(F)cc2)C[C@H]1CN(CCc1ccc(F)cc1)C(=O)c1cn(C)cn1. The van der Waals surface area contributed by atoms with Crippen molar-refractivity contribution in [2.45, 2.75) is 83.4 Å². The largest absolute Gasteiger partial charge is 0.489 e. The van der Waals surface area contributed by atoms with Crippen LogP contribution in [0.2, 0.25) is 0 Å². The molecule has 0 aliphatic carbocycles. The lowest BCUT2D eigenvalue weighted by atomic mass is 10.1. The van der Waals surface area contributed by atoms with Gasteiger partial charge in [-0.25, -0.2) is 18.6 Å². The topological polar surface area (TPSA) is 136 Å². The number of amides is 4. The monoisotopic (exact) mass is 740 g/mol. The summed E-state index contributed by atoms with van der Waals surface area (Å²) in [5.41, 5.74) is 0.235. The highest BCUT2D eigenvalue weighted by Gasteiger charge is 2.43. The van der Waals surface area contributed by atoms with Crippen molar-refractivity contribution in [2.75, 3.05) is 33.8 Å². The van der Waals surface area contributed by atoms with Gasteiger partial charge in [-0.3, -0.25) is 19.3 Å². The van der Waals surface area contributed by atoms with E-state index in [1.807, 2.05) is 0 Å². The minimum absolute atomic E-state index is 0.0748. The van der Waals surface area contributed by atoms with Crippen molar-refractivity contribution >= 4 is 23.8 Å². The van der Waals surface area contributed by atoms with Crippen molar-refractivity contribution in [2.24, 2.45) is 7.05 Å². The quantitative estimate of drug-likeness (QED) is 0.260. The number of carbonyl (C=O) groups excluding carboxylic acids is 4. The zero-order valence-corrected chi connectivity index (χ0v) is 31.5. The molecule has 13 nitrogen and oxygen atoms in total. The number of hydrogen-bond donors (Lipinski definition) is 1. The van der Waals surface area contributed by atoms with Gasteiger partial charge < -0.3 is 33.9 Å². The van der Waals surface area contributed by atoms with Gasteiger partial charge in [-0.15, -0.1) is 0 Å². The van der Waals surface area contributed by atoms with Gasteiger partial charge in [-0.1, -0.05) is 12.1 Å². The van der Waals surface area contributed by atoms with E-state index in [2.05, 4.69) is 10.3 Å². The van der Waals surface area contributed by atoms with Gasteiger partial charge >= 0.3 is 6.09 Å². The Balaban J connectivity index is 1.62. The highest BCUT2D eigenvalue weighted by Crippen LogP contribution is 2.26. The van der Waals surface area contributed by atoms with Gasteiger partial charge in [0.05, 0.1) is 25.0 Å². The molecule has 1 N–H and O–H groups in total. The Bertz CT molecular complexity index is 1710. The van der Waals surface area contributed by atoms with Crippen molar-refractivity contribution in [3.05, 3.63) is 83.9 Å². The number of halogens is 2. The number of aromatic nitrogens is 2. The number of likely N-dealkylation sites (tertiary alicyclic amines) is 1. The van der Waals surface area contributed by atoms with Gasteiger partial charge in [0, 0.05) is 46.9 Å². The predicted molar refractivity (Wildman–Crippen MR) is 192 cm³/mol. The second-order valence-electron chi connectivity index (χ2n) is 14.3. The summed E-state index contributed by atoms with van der Waals surface area (Å²) in [6.45, 7) is 8.69. The van der Waals surface area contributed by atoms with Gasteiger partial charge in [0.1, 0.15) is 46.9 Å². The van der Waals surface area contributed by atoms with E-state index in [1.165, 1.54) is 63.8 Å². The molecule has 0 saturated carbocycles. The number of rotatable bonds is 14. The summed E-state index contributed by atoms with van der Waals surface area (Å²) in [4.78, 5) is 63.3. The molecule has 1 aromatic heterocycles. The summed E-state index contributed by atoms with van der Waals surface area (Å²) in [6, 6.07) is 8.75. The van der Waals surface area contributed by atoms with Crippen LogP contribution in [-0.4, -0.2) is 118 Å². The zero-order valence-electron chi connectivity index (χ0n) is 31.5. The number of hydrogen-bond acceptors (Lipinski definition) is 8. The summed E-state index contributed by atoms with van der Waals surface area (Å²) < 4.78 is 46.2. The Morgan fingerprint density at radius 2 is 1.64 bits per heavy atom. The molecule has 0 spiro atoms. The zero-order chi connectivity index (χ0) is 39.0. The van der Waals surface area contributed by atoms with Crippen molar-refractivity contribution in [3.63, 3.8) is 0 Å². The molecule has 288 valence electrons. The van der Waals surface area contributed by atoms with E-state index in [-0.39, 0.29) is 37.1 Å². The number of carbonyl (C=O) groups is 4. The minimum atomic E-state index is -1.19. The lowest BCUT2D eigenvalue weighted by Gasteiger charge is -2.35. The molecule has 0 bridgehead atoms. The molecule has 3 aromatic rings. The second-order valence-corrected chi connectivity index (χ2v) is 14.3. The van der Waals surface area contributed by atoms with Crippen LogP contribution in [0, 0.1) is 11.6 Å². The van der Waals surface area contributed by atoms with E-state index in [0.717, 1.165) is 10.5 Å². The smallest absolute Gasteiger partial charge is 0.410 e. The summed E-state index contributed by atoms with van der Waals surface area (Å²) in [6.07, 6.45) is 1.76. The third kappa shape index (κ3) is 11.2. The van der Waals surface area contributed by atoms with E-state index in [1.54, 1.807) is 67.4 Å². The van der Waals surface area contributed by atoms with E-state index in [9.17, 15) is 28.0 Å². The molecule has 1 fully saturated rings. The average molecular weight is 741 g/mol. The maximum Gasteiger partial charge on any atom is 0.410 e. The maximum absolute atomic E-state index is 14.6. The van der Waals surface area contributed by atoms with Crippen LogP contribution in [0.3, 0.4) is 0 Å². The average Bonchev–Trinajstić information content (AvgIpc) is 3.73. The van der Waals surface area contributed by atoms with Gasteiger partial charge in [0.25, 0.3) is 5.91 Å². The highest BCUT2D eigenvalue weighted by atomic mass is 19.1. The Labute approximate surface area is 309 Å². The van der Waals surface area contributed by atoms with Crippen molar-refractivity contribution in [3.8, 4) is 5.75 Å². The van der Waals surface area contributed by atoms with Crippen LogP contribution in [0.25, 0.3) is 0 Å². The fraction of sp³-hybridized carbons (Fsp3) is 0.500. The lowest BCUT2D eigenvalue weighted by Crippen LogP contribution is -2.59. The van der Waals surface area contributed by atoms with Crippen molar-refractivity contribution in [1.29, 1.82) is 0 Å². The number of ether oxygens (including phenoxy) is 3. The lowest BCUT2D eigenvalue weighted by molar-refractivity contribution is -0.142. The molecular formula is C38H50F2N6O7. The third-order valence-corrected chi connectivity index (χ3v) is 9.05. The first kappa shape index (κ1) is 40.7. The predicted octanol–water partition coefficient (Wildman–Crippen LogP) is 4.21. The molecule has 4 rings (SSSR count). The molecule has 1 aliphatic heterocycles. The first-order valence-electron chi connectivity index (χ1n) is 17.5. The van der Waals surface area contributed by atoms with E-state index in [0.29, 0.717) is 18.6 Å². The van der Waals surface area contributed by atoms with Crippen LogP contribution in [0.5, 0.6) is 5.75 Å².